The Hall–Kier alpha value is -2.44. The lowest BCUT2D eigenvalue weighted by Crippen LogP contribution is -2.15. The van der Waals surface area contributed by atoms with Crippen LogP contribution in [0.15, 0.2) is 65.7 Å². The minimum absolute atomic E-state index is 0.123. The molecule has 5 nitrogen and oxygen atoms in total. The fourth-order valence-electron chi connectivity index (χ4n) is 2.07. The summed E-state index contributed by atoms with van der Waals surface area (Å²) in [7, 11) is -3.79. The molecule has 1 aromatic heterocycles. The van der Waals surface area contributed by atoms with E-state index < -0.39 is 10.0 Å². The van der Waals surface area contributed by atoms with Gasteiger partial charge in [-0.2, -0.15) is 0 Å². The number of pyridine rings is 1. The second-order valence-electron chi connectivity index (χ2n) is 4.98. The zero-order valence-corrected chi connectivity index (χ0v) is 14.5. The van der Waals surface area contributed by atoms with E-state index in [0.717, 1.165) is 6.21 Å². The van der Waals surface area contributed by atoms with Crippen LogP contribution in [0.5, 0.6) is 0 Å². The largest absolute Gasteiger partial charge is 0.308 e. The number of halogens is 1. The van der Waals surface area contributed by atoms with Gasteiger partial charge in [-0.15, -0.1) is 0 Å². The molecule has 0 saturated heterocycles. The van der Waals surface area contributed by atoms with Crippen molar-refractivity contribution in [2.45, 2.75) is 11.8 Å². The highest BCUT2D eigenvalue weighted by molar-refractivity contribution is 7.92. The highest BCUT2D eigenvalue weighted by Crippen LogP contribution is 2.31. The lowest BCUT2D eigenvalue weighted by Gasteiger charge is -2.13. The Morgan fingerprint density at radius 1 is 1.29 bits per heavy atom. The molecule has 0 atom stereocenters. The summed E-state index contributed by atoms with van der Waals surface area (Å²) in [5, 5.41) is 7.55. The smallest absolute Gasteiger partial charge is 0.263 e. The van der Waals surface area contributed by atoms with Gasteiger partial charge < -0.3 is 5.41 Å². The minimum Gasteiger partial charge on any atom is -0.308 e. The first-order valence-electron chi connectivity index (χ1n) is 6.95. The van der Waals surface area contributed by atoms with Gasteiger partial charge in [-0.05, 0) is 36.3 Å². The van der Waals surface area contributed by atoms with E-state index in [2.05, 4.69) is 16.3 Å². The van der Waals surface area contributed by atoms with Gasteiger partial charge in [0.15, 0.2) is 0 Å². The number of rotatable bonds is 6. The molecule has 0 aliphatic heterocycles. The number of hydrogen-bond donors (Lipinski definition) is 2. The van der Waals surface area contributed by atoms with Crippen LogP contribution in [0.1, 0.15) is 12.5 Å². The average Bonchev–Trinajstić information content (AvgIpc) is 2.55. The van der Waals surface area contributed by atoms with E-state index in [0.29, 0.717) is 21.7 Å². The SMILES string of the molecule is C=C(C=N)/C=C(/C)c1c(Cl)ccnc1NS(=O)(=O)c1ccccc1. The minimum atomic E-state index is -3.79. The molecule has 2 aromatic rings. The highest BCUT2D eigenvalue weighted by Gasteiger charge is 2.18. The van der Waals surface area contributed by atoms with Gasteiger partial charge in [-0.3, -0.25) is 4.72 Å². The Bertz CT molecular complexity index is 907. The zero-order chi connectivity index (χ0) is 17.7. The summed E-state index contributed by atoms with van der Waals surface area (Å²) >= 11 is 6.22. The molecular formula is C17H16ClN3O2S. The molecule has 2 rings (SSSR count). The van der Waals surface area contributed by atoms with Crippen LogP contribution in [-0.2, 0) is 10.0 Å². The summed E-state index contributed by atoms with van der Waals surface area (Å²) < 4.78 is 27.5. The van der Waals surface area contributed by atoms with Crippen molar-refractivity contribution < 1.29 is 8.42 Å². The van der Waals surface area contributed by atoms with Crippen LogP contribution in [0, 0.1) is 5.41 Å². The van der Waals surface area contributed by atoms with Gasteiger partial charge in [0.2, 0.25) is 0 Å². The monoisotopic (exact) mass is 361 g/mol. The molecule has 7 heteroatoms. The van der Waals surface area contributed by atoms with E-state index in [4.69, 9.17) is 17.0 Å². The van der Waals surface area contributed by atoms with Crippen molar-refractivity contribution in [1.29, 1.82) is 5.41 Å². The van der Waals surface area contributed by atoms with Crippen LogP contribution in [0.25, 0.3) is 5.57 Å². The summed E-state index contributed by atoms with van der Waals surface area (Å²) in [6.45, 7) is 5.45. The first-order valence-corrected chi connectivity index (χ1v) is 8.81. The number of nitrogens with zero attached hydrogens (tertiary/aromatic N) is 1. The van der Waals surface area contributed by atoms with Crippen LogP contribution >= 0.6 is 11.6 Å². The maximum absolute atomic E-state index is 12.5. The second kappa shape index (κ2) is 7.42. The van der Waals surface area contributed by atoms with Gasteiger partial charge in [0.05, 0.1) is 9.92 Å². The van der Waals surface area contributed by atoms with Crippen LogP contribution < -0.4 is 4.72 Å². The summed E-state index contributed by atoms with van der Waals surface area (Å²) in [6, 6.07) is 9.57. The summed E-state index contributed by atoms with van der Waals surface area (Å²) in [6.07, 6.45) is 4.16. The van der Waals surface area contributed by atoms with Crippen molar-refractivity contribution in [2.75, 3.05) is 4.72 Å². The molecule has 0 unspecified atom stereocenters. The number of nitrogens with one attached hydrogen (secondary N) is 2. The normalized spacial score (nSPS) is 11.8. The number of allylic oxidation sites excluding steroid dienone is 3. The van der Waals surface area contributed by atoms with Crippen LogP contribution in [-0.4, -0.2) is 19.6 Å². The standard InChI is InChI=1S/C17H16ClN3O2S/c1-12(11-19)10-13(2)16-15(18)8-9-20-17(16)21-24(22,23)14-6-4-3-5-7-14/h3-11,19H,1H2,2H3,(H,20,21)/b13-10-,19-11?. The Labute approximate surface area is 146 Å². The molecule has 0 aliphatic carbocycles. The van der Waals surface area contributed by atoms with Crippen molar-refractivity contribution in [3.63, 3.8) is 0 Å². The Morgan fingerprint density at radius 3 is 2.58 bits per heavy atom. The lowest BCUT2D eigenvalue weighted by atomic mass is 10.1. The van der Waals surface area contributed by atoms with Gasteiger partial charge in [0.25, 0.3) is 10.0 Å². The summed E-state index contributed by atoms with van der Waals surface area (Å²) in [5.41, 5.74) is 1.55. The number of aromatic nitrogens is 1. The van der Waals surface area contributed by atoms with Crippen molar-refractivity contribution in [1.82, 2.24) is 4.98 Å². The van der Waals surface area contributed by atoms with Crippen molar-refractivity contribution in [3.8, 4) is 0 Å². The van der Waals surface area contributed by atoms with Gasteiger partial charge in [0, 0.05) is 18.0 Å². The quantitative estimate of drug-likeness (QED) is 0.599. The number of anilines is 1. The Balaban J connectivity index is 2.49. The van der Waals surface area contributed by atoms with E-state index in [1.54, 1.807) is 37.3 Å². The fraction of sp³-hybridized carbons (Fsp3) is 0.0588. The molecule has 0 aliphatic rings. The Kier molecular flexibility index (Phi) is 5.54. The van der Waals surface area contributed by atoms with Gasteiger partial charge >= 0.3 is 0 Å². The van der Waals surface area contributed by atoms with Gasteiger partial charge in [-0.25, -0.2) is 13.4 Å². The summed E-state index contributed by atoms with van der Waals surface area (Å²) in [5.74, 6) is 0.123. The lowest BCUT2D eigenvalue weighted by molar-refractivity contribution is 0.601. The molecule has 0 saturated carbocycles. The predicted octanol–water partition coefficient (Wildman–Crippen LogP) is 4.14. The van der Waals surface area contributed by atoms with Crippen molar-refractivity contribution >= 4 is 39.2 Å². The van der Waals surface area contributed by atoms with E-state index in [-0.39, 0.29) is 10.7 Å². The number of sulfonamides is 1. The van der Waals surface area contributed by atoms with Crippen molar-refractivity contribution in [2.24, 2.45) is 0 Å². The molecule has 1 heterocycles. The first-order chi connectivity index (χ1) is 11.3. The maximum atomic E-state index is 12.5. The molecule has 124 valence electrons. The highest BCUT2D eigenvalue weighted by atomic mass is 35.5. The zero-order valence-electron chi connectivity index (χ0n) is 13.0. The molecule has 24 heavy (non-hydrogen) atoms. The molecule has 0 radical (unpaired) electrons. The molecule has 0 bridgehead atoms. The first kappa shape index (κ1) is 17.9. The third-order valence-electron chi connectivity index (χ3n) is 3.17. The third kappa shape index (κ3) is 4.10. The molecule has 0 fully saturated rings. The van der Waals surface area contributed by atoms with Crippen LogP contribution in [0.2, 0.25) is 5.02 Å². The topological polar surface area (TPSA) is 82.9 Å². The van der Waals surface area contributed by atoms with E-state index in [9.17, 15) is 8.42 Å². The van der Waals surface area contributed by atoms with E-state index in [1.807, 2.05) is 0 Å². The van der Waals surface area contributed by atoms with Gasteiger partial charge in [0.1, 0.15) is 5.82 Å². The van der Waals surface area contributed by atoms with Crippen LogP contribution in [0.4, 0.5) is 5.82 Å². The molecule has 2 N–H and O–H groups in total. The molecule has 0 spiro atoms. The van der Waals surface area contributed by atoms with Crippen LogP contribution in [0.3, 0.4) is 0 Å². The Morgan fingerprint density at radius 2 is 1.96 bits per heavy atom. The summed E-state index contributed by atoms with van der Waals surface area (Å²) in [4.78, 5) is 4.23. The van der Waals surface area contributed by atoms with Crippen molar-refractivity contribution in [3.05, 3.63) is 71.4 Å². The average molecular weight is 362 g/mol. The predicted molar refractivity (Wildman–Crippen MR) is 98.1 cm³/mol. The third-order valence-corrected chi connectivity index (χ3v) is 4.84. The van der Waals surface area contributed by atoms with E-state index in [1.165, 1.54) is 18.3 Å². The maximum Gasteiger partial charge on any atom is 0.263 e. The molecule has 1 aromatic carbocycles. The van der Waals surface area contributed by atoms with Gasteiger partial charge in [-0.1, -0.05) is 42.5 Å². The molecular weight excluding hydrogens is 346 g/mol. The fourth-order valence-corrected chi connectivity index (χ4v) is 3.41. The second-order valence-corrected chi connectivity index (χ2v) is 7.07. The number of hydrogen-bond acceptors (Lipinski definition) is 4. The molecule has 0 amide bonds. The number of benzene rings is 1. The van der Waals surface area contributed by atoms with E-state index >= 15 is 0 Å².